The Kier molecular flexibility index (Phi) is 4.92. The zero-order valence-electron chi connectivity index (χ0n) is 15.3. The lowest BCUT2D eigenvalue weighted by Gasteiger charge is -2.33. The largest absolute Gasteiger partial charge is 0.351 e. The highest BCUT2D eigenvalue weighted by molar-refractivity contribution is 6.14. The number of amides is 2. The van der Waals surface area contributed by atoms with Crippen molar-refractivity contribution in [3.8, 4) is 0 Å². The molecule has 0 saturated heterocycles. The maximum Gasteiger partial charge on any atom is 0.319 e. The summed E-state index contributed by atoms with van der Waals surface area (Å²) < 4.78 is 13.7. The number of nitrogens with zero attached hydrogens (tertiary/aromatic N) is 2. The molecule has 2 aromatic carbocycles. The molecule has 1 aliphatic carbocycles. The summed E-state index contributed by atoms with van der Waals surface area (Å²) in [7, 11) is 0. The fourth-order valence-corrected chi connectivity index (χ4v) is 4.24. The number of aliphatic imine (C=N–C) groups is 1. The van der Waals surface area contributed by atoms with E-state index in [0.717, 1.165) is 60.2 Å². The molecule has 0 radical (unpaired) electrons. The van der Waals surface area contributed by atoms with Gasteiger partial charge in [-0.1, -0.05) is 37.5 Å². The highest BCUT2D eigenvalue weighted by Gasteiger charge is 2.25. The van der Waals surface area contributed by atoms with Gasteiger partial charge in [0.05, 0.1) is 5.71 Å². The van der Waals surface area contributed by atoms with Crippen molar-refractivity contribution in [1.29, 1.82) is 0 Å². The van der Waals surface area contributed by atoms with Gasteiger partial charge in [0.15, 0.2) is 0 Å². The van der Waals surface area contributed by atoms with Crippen LogP contribution in [0.5, 0.6) is 0 Å². The zero-order chi connectivity index (χ0) is 18.8. The molecule has 0 unspecified atom stereocenters. The van der Waals surface area contributed by atoms with Gasteiger partial charge >= 0.3 is 6.03 Å². The second-order valence-electron chi connectivity index (χ2n) is 7.33. The lowest BCUT2D eigenvalue weighted by atomic mass is 9.92. The first kappa shape index (κ1) is 17.7. The van der Waals surface area contributed by atoms with Crippen molar-refractivity contribution in [3.05, 3.63) is 65.0 Å². The van der Waals surface area contributed by atoms with E-state index in [1.54, 1.807) is 11.0 Å². The summed E-state index contributed by atoms with van der Waals surface area (Å²) in [5, 5.41) is 0. The van der Waals surface area contributed by atoms with Crippen LogP contribution >= 0.6 is 0 Å². The number of hydrogen-bond donors (Lipinski definition) is 1. The quantitative estimate of drug-likeness (QED) is 0.859. The van der Waals surface area contributed by atoms with E-state index < -0.39 is 6.03 Å². The van der Waals surface area contributed by atoms with Gasteiger partial charge in [-0.25, -0.2) is 9.18 Å². The highest BCUT2D eigenvalue weighted by Crippen LogP contribution is 2.28. The molecule has 4 nitrogen and oxygen atoms in total. The number of primary amides is 1. The van der Waals surface area contributed by atoms with Crippen molar-refractivity contribution < 1.29 is 9.18 Å². The molecule has 4 rings (SSSR count). The van der Waals surface area contributed by atoms with E-state index in [1.165, 1.54) is 12.5 Å². The molecule has 0 aromatic heterocycles. The van der Waals surface area contributed by atoms with Crippen molar-refractivity contribution in [1.82, 2.24) is 0 Å². The number of carbonyl (C=O) groups is 1. The van der Waals surface area contributed by atoms with E-state index in [2.05, 4.69) is 4.99 Å². The summed E-state index contributed by atoms with van der Waals surface area (Å²) in [5.41, 5.74) is 10.2. The second kappa shape index (κ2) is 7.51. The minimum Gasteiger partial charge on any atom is -0.351 e. The number of anilines is 1. The molecule has 0 bridgehead atoms. The van der Waals surface area contributed by atoms with E-state index in [-0.39, 0.29) is 11.9 Å². The van der Waals surface area contributed by atoms with E-state index >= 15 is 0 Å². The predicted molar refractivity (Wildman–Crippen MR) is 106 cm³/mol. The molecule has 5 heteroatoms. The van der Waals surface area contributed by atoms with Gasteiger partial charge in [-0.05, 0) is 49.1 Å². The Balaban J connectivity index is 1.63. The molecule has 27 heavy (non-hydrogen) atoms. The second-order valence-corrected chi connectivity index (χ2v) is 7.33. The Hall–Kier alpha value is -2.69. The summed E-state index contributed by atoms with van der Waals surface area (Å²) in [6, 6.07) is 12.4. The maximum absolute atomic E-state index is 13.7. The zero-order valence-corrected chi connectivity index (χ0v) is 15.3. The van der Waals surface area contributed by atoms with Gasteiger partial charge in [-0.3, -0.25) is 9.89 Å². The molecule has 1 aliphatic heterocycles. The van der Waals surface area contributed by atoms with Crippen LogP contribution in [-0.4, -0.2) is 24.3 Å². The third-order valence-electron chi connectivity index (χ3n) is 5.57. The average Bonchev–Trinajstić information content (AvgIpc) is 2.69. The van der Waals surface area contributed by atoms with Gasteiger partial charge in [0.2, 0.25) is 0 Å². The number of rotatable bonds is 3. The number of carbonyl (C=O) groups excluding carboxylic acids is 1. The molecule has 0 spiro atoms. The van der Waals surface area contributed by atoms with E-state index in [0.29, 0.717) is 6.54 Å². The number of urea groups is 1. The molecule has 2 N–H and O–H groups in total. The summed E-state index contributed by atoms with van der Waals surface area (Å²) in [6.07, 6.45) is 6.29. The fourth-order valence-electron chi connectivity index (χ4n) is 4.24. The smallest absolute Gasteiger partial charge is 0.319 e. The number of nitrogens with two attached hydrogens (primary N) is 1. The number of benzene rings is 2. The van der Waals surface area contributed by atoms with Crippen molar-refractivity contribution in [2.24, 2.45) is 10.7 Å². The summed E-state index contributed by atoms with van der Waals surface area (Å²) >= 11 is 0. The minimum absolute atomic E-state index is 0.170. The van der Waals surface area contributed by atoms with Crippen LogP contribution in [0.3, 0.4) is 0 Å². The standard InChI is InChI=1S/C22H24FN3O/c23-17-9-6-15-12-13-25-21(20(15)14-17)16-7-10-19(11-8-16)26(22(24)27)18-4-2-1-3-5-18/h6-11,14,18H,1-5,12-13H2,(H2,24,27). The summed E-state index contributed by atoms with van der Waals surface area (Å²) in [6.45, 7) is 0.700. The van der Waals surface area contributed by atoms with Crippen LogP contribution in [-0.2, 0) is 6.42 Å². The molecule has 140 valence electrons. The third kappa shape index (κ3) is 3.59. The van der Waals surface area contributed by atoms with Crippen LogP contribution in [0.1, 0.15) is 48.8 Å². The summed E-state index contributed by atoms with van der Waals surface area (Å²) in [4.78, 5) is 18.4. The Labute approximate surface area is 158 Å². The highest BCUT2D eigenvalue weighted by atomic mass is 19.1. The van der Waals surface area contributed by atoms with Gasteiger partial charge in [-0.15, -0.1) is 0 Å². The predicted octanol–water partition coefficient (Wildman–Crippen LogP) is 4.44. The first-order valence-corrected chi connectivity index (χ1v) is 9.66. The average molecular weight is 365 g/mol. The van der Waals surface area contributed by atoms with Crippen molar-refractivity contribution in [3.63, 3.8) is 0 Å². The normalized spacial score (nSPS) is 17.1. The fraction of sp³-hybridized carbons (Fsp3) is 0.364. The van der Waals surface area contributed by atoms with Gasteiger partial charge < -0.3 is 5.73 Å². The van der Waals surface area contributed by atoms with Gasteiger partial charge in [0.1, 0.15) is 5.82 Å². The van der Waals surface area contributed by atoms with Crippen LogP contribution in [0, 0.1) is 5.82 Å². The van der Waals surface area contributed by atoms with Crippen LogP contribution in [0.25, 0.3) is 0 Å². The molecular weight excluding hydrogens is 341 g/mol. The van der Waals surface area contributed by atoms with Crippen LogP contribution in [0.2, 0.25) is 0 Å². The Bertz CT molecular complexity index is 870. The Morgan fingerprint density at radius 2 is 1.81 bits per heavy atom. The Morgan fingerprint density at radius 3 is 2.52 bits per heavy atom. The lowest BCUT2D eigenvalue weighted by Crippen LogP contribution is -2.44. The van der Waals surface area contributed by atoms with Crippen LogP contribution in [0.15, 0.2) is 47.5 Å². The number of halogens is 1. The van der Waals surface area contributed by atoms with Crippen LogP contribution < -0.4 is 10.6 Å². The lowest BCUT2D eigenvalue weighted by molar-refractivity contribution is 0.249. The summed E-state index contributed by atoms with van der Waals surface area (Å²) in [5.74, 6) is -0.253. The molecular formula is C22H24FN3O. The van der Waals surface area contributed by atoms with E-state index in [1.807, 2.05) is 30.3 Å². The number of hydrogen-bond acceptors (Lipinski definition) is 2. The molecule has 2 aliphatic rings. The first-order chi connectivity index (χ1) is 13.1. The van der Waals surface area contributed by atoms with Crippen molar-refractivity contribution in [2.75, 3.05) is 11.4 Å². The molecule has 0 atom stereocenters. The maximum atomic E-state index is 13.7. The monoisotopic (exact) mass is 365 g/mol. The van der Waals surface area contributed by atoms with Crippen LogP contribution in [0.4, 0.5) is 14.9 Å². The molecule has 2 amide bonds. The van der Waals surface area contributed by atoms with Gasteiger partial charge in [0.25, 0.3) is 0 Å². The van der Waals surface area contributed by atoms with Gasteiger partial charge in [0, 0.05) is 29.4 Å². The van der Waals surface area contributed by atoms with Gasteiger partial charge in [-0.2, -0.15) is 0 Å². The number of fused-ring (bicyclic) bond motifs is 1. The topological polar surface area (TPSA) is 58.7 Å². The minimum atomic E-state index is -0.405. The van der Waals surface area contributed by atoms with Crippen molar-refractivity contribution in [2.45, 2.75) is 44.6 Å². The molecule has 2 aromatic rings. The first-order valence-electron chi connectivity index (χ1n) is 9.66. The SMILES string of the molecule is NC(=O)N(c1ccc(C2=NCCc3ccc(F)cc32)cc1)C1CCCCC1. The Morgan fingerprint density at radius 1 is 1.07 bits per heavy atom. The van der Waals surface area contributed by atoms with E-state index in [9.17, 15) is 9.18 Å². The molecule has 1 saturated carbocycles. The van der Waals surface area contributed by atoms with E-state index in [4.69, 9.17) is 5.73 Å². The molecule has 1 heterocycles. The third-order valence-corrected chi connectivity index (χ3v) is 5.57. The van der Waals surface area contributed by atoms with Crippen molar-refractivity contribution >= 4 is 17.4 Å². The molecule has 1 fully saturated rings.